The molecule has 0 aliphatic heterocycles. The predicted octanol–water partition coefficient (Wildman–Crippen LogP) is 4.22. The molecule has 0 bridgehead atoms. The highest BCUT2D eigenvalue weighted by atomic mass is 15.2. The molecule has 0 aromatic heterocycles. The normalized spacial score (nSPS) is 19.1. The number of rotatable bonds is 6. The Bertz CT molecular complexity index is 457. The minimum Gasteiger partial charge on any atom is -0.311 e. The van der Waals surface area contributed by atoms with Gasteiger partial charge in [0.05, 0.1) is 6.04 Å². The van der Waals surface area contributed by atoms with E-state index in [0.29, 0.717) is 11.6 Å². The van der Waals surface area contributed by atoms with Crippen LogP contribution in [-0.2, 0) is 0 Å². The molecule has 21 heavy (non-hydrogen) atoms. The van der Waals surface area contributed by atoms with Crippen molar-refractivity contribution >= 4 is 0 Å². The second-order valence-corrected chi connectivity index (χ2v) is 6.55. The molecule has 1 aromatic carbocycles. The monoisotopic (exact) mass is 288 g/mol. The highest BCUT2D eigenvalue weighted by molar-refractivity contribution is 5.34. The maximum absolute atomic E-state index is 3.66. The highest BCUT2D eigenvalue weighted by Gasteiger charge is 2.44. The first-order valence-electron chi connectivity index (χ1n) is 8.58. The number of benzene rings is 1. The molecule has 2 heteroatoms. The fourth-order valence-corrected chi connectivity index (χ4v) is 4.32. The number of nitrogens with one attached hydrogen (secondary N) is 1. The van der Waals surface area contributed by atoms with Gasteiger partial charge in [-0.2, -0.15) is 0 Å². The van der Waals surface area contributed by atoms with Crippen molar-refractivity contribution in [2.45, 2.75) is 65.0 Å². The van der Waals surface area contributed by atoms with Crippen molar-refractivity contribution < 1.29 is 0 Å². The van der Waals surface area contributed by atoms with Crippen LogP contribution in [0.1, 0.15) is 62.3 Å². The van der Waals surface area contributed by atoms with Crippen LogP contribution in [0.3, 0.4) is 0 Å². The predicted molar refractivity (Wildman–Crippen MR) is 91.8 cm³/mol. The van der Waals surface area contributed by atoms with Crippen molar-refractivity contribution in [3.63, 3.8) is 0 Å². The fraction of sp³-hybridized carbons (Fsp3) is 0.684. The molecule has 0 heterocycles. The summed E-state index contributed by atoms with van der Waals surface area (Å²) >= 11 is 0. The van der Waals surface area contributed by atoms with Crippen molar-refractivity contribution in [1.29, 1.82) is 0 Å². The Labute approximate surface area is 130 Å². The van der Waals surface area contributed by atoms with Gasteiger partial charge in [0.25, 0.3) is 0 Å². The molecule has 0 spiro atoms. The summed E-state index contributed by atoms with van der Waals surface area (Å²) < 4.78 is 0. The number of likely N-dealkylation sites (N-methyl/N-ethyl adjacent to an activating group) is 2. The first-order chi connectivity index (χ1) is 10.1. The molecule has 1 aliphatic rings. The zero-order valence-corrected chi connectivity index (χ0v) is 14.5. The van der Waals surface area contributed by atoms with Gasteiger partial charge in [0, 0.05) is 5.54 Å². The average Bonchev–Trinajstić information content (AvgIpc) is 2.95. The van der Waals surface area contributed by atoms with E-state index in [-0.39, 0.29) is 0 Å². The minimum absolute atomic E-state index is 0.292. The van der Waals surface area contributed by atoms with E-state index >= 15 is 0 Å². The zero-order chi connectivity index (χ0) is 15.5. The van der Waals surface area contributed by atoms with Crippen LogP contribution in [0.4, 0.5) is 0 Å². The van der Waals surface area contributed by atoms with E-state index in [1.807, 2.05) is 0 Å². The van der Waals surface area contributed by atoms with Crippen LogP contribution in [0.2, 0.25) is 0 Å². The summed E-state index contributed by atoms with van der Waals surface area (Å²) in [6, 6.07) is 7.42. The Morgan fingerprint density at radius 1 is 1.10 bits per heavy atom. The molecule has 0 saturated heterocycles. The highest BCUT2D eigenvalue weighted by Crippen LogP contribution is 2.44. The summed E-state index contributed by atoms with van der Waals surface area (Å²) in [5.74, 6) is 0. The Balaban J connectivity index is 2.42. The molecule has 0 amide bonds. The Morgan fingerprint density at radius 2 is 1.71 bits per heavy atom. The average molecular weight is 288 g/mol. The quantitative estimate of drug-likeness (QED) is 0.843. The smallest absolute Gasteiger partial charge is 0.0504 e. The molecule has 1 aromatic rings. The van der Waals surface area contributed by atoms with Crippen LogP contribution < -0.4 is 5.32 Å². The van der Waals surface area contributed by atoms with Crippen molar-refractivity contribution in [1.82, 2.24) is 10.2 Å². The summed E-state index contributed by atoms with van der Waals surface area (Å²) in [6.45, 7) is 11.3. The number of nitrogens with zero attached hydrogens (tertiary/aromatic N) is 1. The van der Waals surface area contributed by atoms with E-state index in [4.69, 9.17) is 0 Å². The second-order valence-electron chi connectivity index (χ2n) is 6.55. The maximum atomic E-state index is 3.66. The lowest BCUT2D eigenvalue weighted by molar-refractivity contribution is 0.0655. The number of aryl methyl sites for hydroxylation is 2. The van der Waals surface area contributed by atoms with Crippen LogP contribution in [0, 0.1) is 13.8 Å². The van der Waals surface area contributed by atoms with Gasteiger partial charge in [0.1, 0.15) is 0 Å². The lowest BCUT2D eigenvalue weighted by atomic mass is 9.81. The molecule has 118 valence electrons. The van der Waals surface area contributed by atoms with Crippen molar-refractivity contribution in [2.24, 2.45) is 0 Å². The Kier molecular flexibility index (Phi) is 5.45. The molecule has 1 aliphatic carbocycles. The topological polar surface area (TPSA) is 15.3 Å². The van der Waals surface area contributed by atoms with Gasteiger partial charge in [-0.1, -0.05) is 44.9 Å². The van der Waals surface area contributed by atoms with Crippen molar-refractivity contribution in [2.75, 3.05) is 20.1 Å². The molecule has 1 unspecified atom stereocenters. The third-order valence-corrected chi connectivity index (χ3v) is 5.55. The molecular formula is C19H32N2. The van der Waals surface area contributed by atoms with Gasteiger partial charge < -0.3 is 5.32 Å². The third kappa shape index (κ3) is 3.02. The zero-order valence-electron chi connectivity index (χ0n) is 14.5. The summed E-state index contributed by atoms with van der Waals surface area (Å²) in [5, 5.41) is 3.66. The van der Waals surface area contributed by atoms with Gasteiger partial charge in [-0.25, -0.2) is 0 Å². The number of hydrogen-bond acceptors (Lipinski definition) is 2. The van der Waals surface area contributed by atoms with Gasteiger partial charge in [-0.15, -0.1) is 0 Å². The lowest BCUT2D eigenvalue weighted by Crippen LogP contribution is -2.54. The Morgan fingerprint density at radius 3 is 2.19 bits per heavy atom. The molecule has 1 atom stereocenters. The van der Waals surface area contributed by atoms with Gasteiger partial charge in [-0.05, 0) is 63.5 Å². The van der Waals surface area contributed by atoms with E-state index in [1.165, 1.54) is 42.4 Å². The van der Waals surface area contributed by atoms with Crippen LogP contribution in [0.25, 0.3) is 0 Å². The molecule has 1 saturated carbocycles. The first kappa shape index (κ1) is 16.5. The molecule has 0 radical (unpaired) electrons. The largest absolute Gasteiger partial charge is 0.311 e. The van der Waals surface area contributed by atoms with Gasteiger partial charge in [0.2, 0.25) is 0 Å². The van der Waals surface area contributed by atoms with E-state index < -0.39 is 0 Å². The second kappa shape index (κ2) is 6.93. The van der Waals surface area contributed by atoms with Gasteiger partial charge in [-0.3, -0.25) is 4.90 Å². The van der Waals surface area contributed by atoms with Crippen molar-refractivity contribution in [3.8, 4) is 0 Å². The minimum atomic E-state index is 0.292. The maximum Gasteiger partial charge on any atom is 0.0504 e. The lowest BCUT2D eigenvalue weighted by Gasteiger charge is -2.46. The first-order valence-corrected chi connectivity index (χ1v) is 8.58. The number of hydrogen-bond donors (Lipinski definition) is 1. The molecule has 2 rings (SSSR count). The van der Waals surface area contributed by atoms with Crippen LogP contribution in [0.5, 0.6) is 0 Å². The summed E-state index contributed by atoms with van der Waals surface area (Å²) in [5.41, 5.74) is 4.53. The fourth-order valence-electron chi connectivity index (χ4n) is 4.32. The standard InChI is InChI=1S/C19H32N2/c1-6-21(7-2)19(12-8-9-13-19)18(20-5)17-11-10-15(3)16(4)14-17/h10-11,14,18,20H,6-9,12-13H2,1-5H3. The van der Waals surface area contributed by atoms with Gasteiger partial charge in [0.15, 0.2) is 0 Å². The molecular weight excluding hydrogens is 256 g/mol. The van der Waals surface area contributed by atoms with E-state index in [9.17, 15) is 0 Å². The van der Waals surface area contributed by atoms with E-state index in [0.717, 1.165) is 13.1 Å². The Hall–Kier alpha value is -0.860. The van der Waals surface area contributed by atoms with Crippen LogP contribution in [-0.4, -0.2) is 30.6 Å². The van der Waals surface area contributed by atoms with Gasteiger partial charge >= 0.3 is 0 Å². The van der Waals surface area contributed by atoms with E-state index in [1.54, 1.807) is 0 Å². The summed E-state index contributed by atoms with van der Waals surface area (Å²) in [6.07, 6.45) is 5.35. The van der Waals surface area contributed by atoms with Crippen LogP contribution in [0.15, 0.2) is 18.2 Å². The van der Waals surface area contributed by atoms with E-state index in [2.05, 4.69) is 63.2 Å². The third-order valence-electron chi connectivity index (χ3n) is 5.55. The van der Waals surface area contributed by atoms with Crippen LogP contribution >= 0.6 is 0 Å². The summed E-state index contributed by atoms with van der Waals surface area (Å²) in [7, 11) is 2.13. The SMILES string of the molecule is CCN(CC)C1(C(NC)c2ccc(C)c(C)c2)CCCC1. The molecule has 1 fully saturated rings. The molecule has 1 N–H and O–H groups in total. The molecule has 2 nitrogen and oxygen atoms in total. The summed E-state index contributed by atoms with van der Waals surface area (Å²) in [4.78, 5) is 2.69. The van der Waals surface area contributed by atoms with Crippen molar-refractivity contribution in [3.05, 3.63) is 34.9 Å².